The minimum atomic E-state index is -2.04. The average molecular weight is 775 g/mol. The van der Waals surface area contributed by atoms with Gasteiger partial charge in [-0.1, -0.05) is 146 Å². The van der Waals surface area contributed by atoms with Gasteiger partial charge >= 0.3 is 6.85 Å². The molecular weight excluding hydrogens is 740 g/mol. The van der Waals surface area contributed by atoms with Crippen molar-refractivity contribution in [3.8, 4) is 33.5 Å². The molecule has 5 heteroatoms. The second-order valence-corrected chi connectivity index (χ2v) is 19.1. The number of rotatable bonds is 5. The molecule has 0 saturated carbocycles. The summed E-state index contributed by atoms with van der Waals surface area (Å²) in [7, 11) is -2.04. The van der Waals surface area contributed by atoms with Crippen molar-refractivity contribution in [3.63, 3.8) is 0 Å². The van der Waals surface area contributed by atoms with Gasteiger partial charge in [0.05, 0.1) is 15.4 Å². The molecule has 0 spiro atoms. The van der Waals surface area contributed by atoms with Crippen LogP contribution in [-0.2, 0) is 0 Å². The lowest BCUT2D eigenvalue weighted by Crippen LogP contribution is -2.59. The van der Waals surface area contributed by atoms with Crippen molar-refractivity contribution < 1.29 is 0 Å². The fourth-order valence-electron chi connectivity index (χ4n) is 9.53. The first-order valence-corrected chi connectivity index (χ1v) is 22.3. The molecule has 0 saturated heterocycles. The molecule has 0 unspecified atom stereocenters. The monoisotopic (exact) mass is 774 g/mol. The molecule has 2 aromatic heterocycles. The molecule has 4 heterocycles. The van der Waals surface area contributed by atoms with E-state index in [0.717, 1.165) is 16.3 Å². The van der Waals surface area contributed by atoms with Gasteiger partial charge in [0.1, 0.15) is 0 Å². The fourth-order valence-corrected chi connectivity index (χ4v) is 14.5. The molecule has 2 aliphatic heterocycles. The summed E-state index contributed by atoms with van der Waals surface area (Å²) in [6.45, 7) is 0.0417. The molecule has 0 radical (unpaired) electrons. The van der Waals surface area contributed by atoms with Crippen molar-refractivity contribution in [2.24, 2.45) is 0 Å². The highest BCUT2D eigenvalue weighted by Gasteiger charge is 2.42. The second kappa shape index (κ2) is 13.2. The Morgan fingerprint density at radius 3 is 1.60 bits per heavy atom. The standard InChI is InChI=1S/C53H35BN2S2/c1-4-18-37(19-5-1)58(38-20-6-2-7-21-38,39-22-8-3-9-23-39)51-35-45-43-27-13-17-31-50(43)57-53(45)52(55-51)36-32-33-47-44(34-36)42-26-12-16-30-49(42)56-48-29-15-11-25-41(48)40-24-10-14-28-46(40)54(47)56/h1-35H. The number of para-hydroxylation sites is 2. The molecule has 10 aromatic rings. The first-order valence-electron chi connectivity index (χ1n) is 19.8. The average Bonchev–Trinajstić information content (AvgIpc) is 3.68. The largest absolute Gasteiger partial charge is 0.376 e. The zero-order valence-electron chi connectivity index (χ0n) is 31.5. The van der Waals surface area contributed by atoms with E-state index in [1.165, 1.54) is 79.4 Å². The molecular formula is C53H35BN2S2. The number of hydrogen-bond donors (Lipinski definition) is 0. The Bertz CT molecular complexity index is 3100. The molecule has 58 heavy (non-hydrogen) atoms. The molecule has 0 N–H and O–H groups in total. The zero-order valence-corrected chi connectivity index (χ0v) is 33.1. The number of fused-ring (bicyclic) bond motifs is 14. The van der Waals surface area contributed by atoms with Gasteiger partial charge < -0.3 is 4.81 Å². The van der Waals surface area contributed by atoms with E-state index >= 15 is 0 Å². The lowest BCUT2D eigenvalue weighted by Gasteiger charge is -2.43. The Morgan fingerprint density at radius 1 is 0.431 bits per heavy atom. The fraction of sp³-hybridized carbons (Fsp3) is 0. The maximum Gasteiger partial charge on any atom is 0.329 e. The van der Waals surface area contributed by atoms with E-state index in [-0.39, 0.29) is 6.85 Å². The summed E-state index contributed by atoms with van der Waals surface area (Å²) >= 11 is 1.85. The minimum absolute atomic E-state index is 0.0417. The number of hydrogen-bond acceptors (Lipinski definition) is 3. The summed E-state index contributed by atoms with van der Waals surface area (Å²) in [6.07, 6.45) is 0. The Morgan fingerprint density at radius 2 is 0.948 bits per heavy atom. The van der Waals surface area contributed by atoms with Gasteiger partial charge in [0, 0.05) is 58.2 Å². The van der Waals surface area contributed by atoms with Crippen molar-refractivity contribution in [3.05, 3.63) is 212 Å². The maximum atomic E-state index is 5.96. The summed E-state index contributed by atoms with van der Waals surface area (Å²) in [4.78, 5) is 12.3. The molecule has 8 aromatic carbocycles. The number of aromatic nitrogens is 1. The lowest BCUT2D eigenvalue weighted by atomic mass is 9.43. The second-order valence-electron chi connectivity index (χ2n) is 15.0. The predicted molar refractivity (Wildman–Crippen MR) is 247 cm³/mol. The Kier molecular flexibility index (Phi) is 7.62. The molecule has 0 aliphatic carbocycles. The third-order valence-corrected chi connectivity index (χ3v) is 17.0. The topological polar surface area (TPSA) is 16.1 Å². The van der Waals surface area contributed by atoms with Crippen molar-refractivity contribution >= 4 is 70.7 Å². The van der Waals surface area contributed by atoms with Gasteiger partial charge in [-0.25, -0.2) is 4.98 Å². The van der Waals surface area contributed by atoms with E-state index in [4.69, 9.17) is 4.98 Å². The van der Waals surface area contributed by atoms with Crippen LogP contribution in [0.1, 0.15) is 0 Å². The first-order chi connectivity index (χ1) is 28.8. The SMILES string of the molecule is c1ccc(S(c2ccccc2)(c2ccccc2)c2cc3c(sc4ccccc43)c(-c3ccc4c(c3)-c3ccccc3N3B4c4ccccc4-c4ccccc43)n2)cc1. The van der Waals surface area contributed by atoms with Crippen LogP contribution in [0.15, 0.2) is 232 Å². The van der Waals surface area contributed by atoms with Crippen LogP contribution < -0.4 is 15.7 Å². The van der Waals surface area contributed by atoms with Gasteiger partial charge in [0.25, 0.3) is 0 Å². The normalized spacial score (nSPS) is 13.0. The summed E-state index contributed by atoms with van der Waals surface area (Å²) in [5.41, 5.74) is 12.4. The zero-order chi connectivity index (χ0) is 38.2. The van der Waals surface area contributed by atoms with Gasteiger partial charge in [0.15, 0.2) is 0 Å². The molecule has 0 atom stereocenters. The first kappa shape index (κ1) is 33.5. The molecule has 0 amide bonds. The van der Waals surface area contributed by atoms with E-state index < -0.39 is 10.0 Å². The minimum Gasteiger partial charge on any atom is -0.376 e. The van der Waals surface area contributed by atoms with Gasteiger partial charge in [-0.15, -0.1) is 21.4 Å². The Hall–Kier alpha value is -6.66. The van der Waals surface area contributed by atoms with Crippen molar-refractivity contribution in [1.82, 2.24) is 4.98 Å². The molecule has 0 bridgehead atoms. The van der Waals surface area contributed by atoms with Crippen LogP contribution in [0.2, 0.25) is 0 Å². The summed E-state index contributed by atoms with van der Waals surface area (Å²) in [6, 6.07) is 78.4. The third-order valence-electron chi connectivity index (χ3n) is 12.0. The van der Waals surface area contributed by atoms with Crippen LogP contribution in [0.3, 0.4) is 0 Å². The molecule has 0 fully saturated rings. The number of pyridine rings is 1. The molecule has 2 aliphatic rings. The number of nitrogens with zero attached hydrogens (tertiary/aromatic N) is 2. The van der Waals surface area contributed by atoms with Gasteiger partial charge in [-0.2, -0.15) is 0 Å². The van der Waals surface area contributed by atoms with Crippen molar-refractivity contribution in [2.45, 2.75) is 19.7 Å². The van der Waals surface area contributed by atoms with E-state index in [1.54, 1.807) is 0 Å². The third kappa shape index (κ3) is 4.84. The van der Waals surface area contributed by atoms with Crippen molar-refractivity contribution in [2.75, 3.05) is 4.81 Å². The predicted octanol–water partition coefficient (Wildman–Crippen LogP) is 13.4. The molecule has 2 nitrogen and oxygen atoms in total. The number of benzene rings is 8. The number of anilines is 2. The highest BCUT2D eigenvalue weighted by atomic mass is 32.3. The van der Waals surface area contributed by atoms with E-state index in [9.17, 15) is 0 Å². The van der Waals surface area contributed by atoms with Gasteiger partial charge in [-0.05, 0) is 88.8 Å². The lowest BCUT2D eigenvalue weighted by molar-refractivity contribution is 1.11. The van der Waals surface area contributed by atoms with Gasteiger partial charge in [-0.3, -0.25) is 0 Å². The quantitative estimate of drug-likeness (QED) is 0.162. The van der Waals surface area contributed by atoms with Crippen molar-refractivity contribution in [1.29, 1.82) is 0 Å². The van der Waals surface area contributed by atoms with Crippen LogP contribution >= 0.6 is 21.4 Å². The van der Waals surface area contributed by atoms with Crippen LogP contribution in [-0.4, -0.2) is 11.8 Å². The van der Waals surface area contributed by atoms with E-state index in [2.05, 4.69) is 217 Å². The maximum absolute atomic E-state index is 5.96. The van der Waals surface area contributed by atoms with Crippen LogP contribution in [0.5, 0.6) is 0 Å². The van der Waals surface area contributed by atoms with Crippen LogP contribution in [0.25, 0.3) is 53.7 Å². The summed E-state index contributed by atoms with van der Waals surface area (Å²) in [5, 5.41) is 3.61. The summed E-state index contributed by atoms with van der Waals surface area (Å²) < 4.78 is 2.49. The van der Waals surface area contributed by atoms with Crippen LogP contribution in [0, 0.1) is 0 Å². The van der Waals surface area contributed by atoms with E-state index in [1.807, 2.05) is 11.3 Å². The van der Waals surface area contributed by atoms with E-state index in [0.29, 0.717) is 0 Å². The Balaban J connectivity index is 1.16. The van der Waals surface area contributed by atoms with Crippen LogP contribution in [0.4, 0.5) is 11.4 Å². The Labute approximate surface area is 344 Å². The number of thiophene rings is 1. The highest BCUT2D eigenvalue weighted by molar-refractivity contribution is 8.33. The highest BCUT2D eigenvalue weighted by Crippen LogP contribution is 2.73. The summed E-state index contributed by atoms with van der Waals surface area (Å²) in [5.74, 6) is 0. The molecule has 12 rings (SSSR count). The molecule has 272 valence electrons. The van der Waals surface area contributed by atoms with Gasteiger partial charge in [0.2, 0.25) is 0 Å². The smallest absolute Gasteiger partial charge is 0.329 e.